The number of benzene rings is 1. The van der Waals surface area contributed by atoms with Gasteiger partial charge in [-0.15, -0.1) is 0 Å². The normalized spacial score (nSPS) is 11.1. The number of aromatic nitrogens is 5. The molecule has 25 heavy (non-hydrogen) atoms. The van der Waals surface area contributed by atoms with E-state index in [1.54, 1.807) is 18.7 Å². The molecule has 0 saturated heterocycles. The highest BCUT2D eigenvalue weighted by atomic mass is 35.5. The van der Waals surface area contributed by atoms with Crippen molar-refractivity contribution in [3.05, 3.63) is 64.7 Å². The molecular weight excluding hydrogens is 359 g/mol. The number of imidazole rings is 1. The van der Waals surface area contributed by atoms with Crippen molar-refractivity contribution in [3.8, 4) is 22.9 Å². The maximum Gasteiger partial charge on any atom is 0.166 e. The average Bonchev–Trinajstić information content (AvgIpc) is 3.07. The molecule has 2 aliphatic heterocycles. The lowest BCUT2D eigenvalue weighted by Gasteiger charge is -2.13. The third-order valence-corrected chi connectivity index (χ3v) is 4.46. The summed E-state index contributed by atoms with van der Waals surface area (Å²) in [6.07, 6.45) is 4.71. The van der Waals surface area contributed by atoms with E-state index in [1.807, 2.05) is 34.9 Å². The van der Waals surface area contributed by atoms with E-state index in [0.29, 0.717) is 39.8 Å². The third-order valence-electron chi connectivity index (χ3n) is 3.80. The van der Waals surface area contributed by atoms with Crippen molar-refractivity contribution in [1.82, 2.24) is 24.5 Å². The maximum absolute atomic E-state index is 6.22. The second kappa shape index (κ2) is 6.31. The van der Waals surface area contributed by atoms with Crippen molar-refractivity contribution in [3.63, 3.8) is 0 Å². The van der Waals surface area contributed by atoms with E-state index < -0.39 is 0 Å². The number of nitrogens with two attached hydrogens (primary N) is 1. The Morgan fingerprint density at radius 1 is 1.00 bits per heavy atom. The summed E-state index contributed by atoms with van der Waals surface area (Å²) >= 11 is 12.4. The number of anilines is 1. The van der Waals surface area contributed by atoms with E-state index in [4.69, 9.17) is 28.9 Å². The molecule has 6 nitrogen and oxygen atoms in total. The molecule has 2 N–H and O–H groups in total. The molecule has 0 saturated carbocycles. The fraction of sp³-hybridized carbons (Fsp3) is 0.0588. The van der Waals surface area contributed by atoms with Gasteiger partial charge < -0.3 is 10.3 Å². The maximum atomic E-state index is 6.22. The van der Waals surface area contributed by atoms with E-state index in [0.717, 1.165) is 11.1 Å². The summed E-state index contributed by atoms with van der Waals surface area (Å²) in [6, 6.07) is 9.69. The molecule has 0 fully saturated rings. The molecule has 4 rings (SSSR count). The Balaban J connectivity index is 1.83. The first kappa shape index (κ1) is 15.8. The molecule has 2 aliphatic rings. The minimum absolute atomic E-state index is 0.327. The Kier molecular flexibility index (Phi) is 3.99. The molecule has 0 spiro atoms. The Morgan fingerprint density at radius 2 is 1.72 bits per heavy atom. The van der Waals surface area contributed by atoms with Crippen LogP contribution in [0.4, 0.5) is 5.82 Å². The fourth-order valence-electron chi connectivity index (χ4n) is 2.55. The molecule has 0 amide bonds. The summed E-state index contributed by atoms with van der Waals surface area (Å²) < 4.78 is 1.82. The quantitative estimate of drug-likeness (QED) is 0.593. The van der Waals surface area contributed by atoms with Crippen LogP contribution in [0.1, 0.15) is 5.56 Å². The lowest BCUT2D eigenvalue weighted by Crippen LogP contribution is -2.10. The summed E-state index contributed by atoms with van der Waals surface area (Å²) in [4.78, 5) is 17.3. The molecule has 2 aromatic rings. The number of pyridine rings is 1. The van der Waals surface area contributed by atoms with Crippen molar-refractivity contribution < 1.29 is 0 Å². The van der Waals surface area contributed by atoms with Gasteiger partial charge in [0.15, 0.2) is 23.2 Å². The smallest absolute Gasteiger partial charge is 0.166 e. The minimum Gasteiger partial charge on any atom is -0.382 e. The highest BCUT2D eigenvalue weighted by Crippen LogP contribution is 2.30. The largest absolute Gasteiger partial charge is 0.382 e. The summed E-state index contributed by atoms with van der Waals surface area (Å²) in [5, 5.41) is 0.959. The van der Waals surface area contributed by atoms with Crippen LogP contribution in [-0.4, -0.2) is 24.5 Å². The Hall–Kier alpha value is -2.70. The predicted molar refractivity (Wildman–Crippen MR) is 97.6 cm³/mol. The van der Waals surface area contributed by atoms with Crippen molar-refractivity contribution >= 4 is 29.0 Å². The van der Waals surface area contributed by atoms with Gasteiger partial charge in [0.1, 0.15) is 0 Å². The Labute approximate surface area is 153 Å². The Morgan fingerprint density at radius 3 is 2.44 bits per heavy atom. The molecule has 0 unspecified atom stereocenters. The molecule has 0 bridgehead atoms. The predicted octanol–water partition coefficient (Wildman–Crippen LogP) is 3.78. The second-order valence-electron chi connectivity index (χ2n) is 5.42. The van der Waals surface area contributed by atoms with Gasteiger partial charge in [-0.3, -0.25) is 4.98 Å². The van der Waals surface area contributed by atoms with Gasteiger partial charge in [-0.1, -0.05) is 53.5 Å². The monoisotopic (exact) mass is 370 g/mol. The first-order valence-corrected chi connectivity index (χ1v) is 8.20. The first-order chi connectivity index (χ1) is 12.1. The fourth-order valence-corrected chi connectivity index (χ4v) is 3.03. The van der Waals surface area contributed by atoms with Gasteiger partial charge in [0.05, 0.1) is 22.9 Å². The standard InChI is InChI=1S/C17H12Cl2N6/c18-12-6-21-7-13(19)11(12)8-25-9-22-15(20)14-17(25)24-16(23-14)10-4-2-1-3-5-10/h1-7,9H,8,20H2. The van der Waals surface area contributed by atoms with E-state index in [9.17, 15) is 0 Å². The summed E-state index contributed by atoms with van der Waals surface area (Å²) in [5.41, 5.74) is 8.17. The number of halogens is 2. The number of hydrogen-bond acceptors (Lipinski definition) is 5. The number of nitrogens with zero attached hydrogens (tertiary/aromatic N) is 5. The second-order valence-corrected chi connectivity index (χ2v) is 6.24. The van der Waals surface area contributed by atoms with Gasteiger partial charge in [-0.2, -0.15) is 0 Å². The number of fused-ring (bicyclic) bond motifs is 1. The third kappa shape index (κ3) is 2.90. The van der Waals surface area contributed by atoms with Crippen LogP contribution in [0.2, 0.25) is 10.0 Å². The van der Waals surface area contributed by atoms with E-state index >= 15 is 0 Å². The zero-order chi connectivity index (χ0) is 17.4. The highest BCUT2D eigenvalue weighted by molar-refractivity contribution is 6.35. The van der Waals surface area contributed by atoms with Crippen LogP contribution in [0.15, 0.2) is 49.1 Å². The number of hydrogen-bond donors (Lipinski definition) is 1. The topological polar surface area (TPSA) is 82.5 Å². The molecule has 8 heteroatoms. The molecule has 3 heterocycles. The van der Waals surface area contributed by atoms with Gasteiger partial charge in [-0.25, -0.2) is 15.0 Å². The minimum atomic E-state index is 0.327. The molecule has 0 radical (unpaired) electrons. The molecular formula is C17H12Cl2N6. The van der Waals surface area contributed by atoms with Crippen LogP contribution in [0.3, 0.4) is 0 Å². The van der Waals surface area contributed by atoms with Crippen LogP contribution in [0.25, 0.3) is 22.9 Å². The van der Waals surface area contributed by atoms with Gasteiger partial charge in [-0.05, 0) is 0 Å². The first-order valence-electron chi connectivity index (χ1n) is 7.45. The molecule has 124 valence electrons. The van der Waals surface area contributed by atoms with E-state index in [2.05, 4.69) is 19.9 Å². The molecule has 0 aliphatic carbocycles. The van der Waals surface area contributed by atoms with Crippen molar-refractivity contribution in [2.75, 3.05) is 5.73 Å². The van der Waals surface area contributed by atoms with Crippen molar-refractivity contribution in [2.45, 2.75) is 6.54 Å². The zero-order valence-electron chi connectivity index (χ0n) is 12.9. The highest BCUT2D eigenvalue weighted by Gasteiger charge is 2.20. The lowest BCUT2D eigenvalue weighted by atomic mass is 10.2. The van der Waals surface area contributed by atoms with Gasteiger partial charge >= 0.3 is 0 Å². The van der Waals surface area contributed by atoms with Crippen LogP contribution in [-0.2, 0) is 6.54 Å². The van der Waals surface area contributed by atoms with Crippen LogP contribution < -0.4 is 5.73 Å². The molecule has 1 aromatic heterocycles. The van der Waals surface area contributed by atoms with Crippen LogP contribution in [0, 0.1) is 0 Å². The van der Waals surface area contributed by atoms with Gasteiger partial charge in [0.2, 0.25) is 0 Å². The van der Waals surface area contributed by atoms with Gasteiger partial charge in [0.25, 0.3) is 0 Å². The molecule has 1 aromatic carbocycles. The van der Waals surface area contributed by atoms with Crippen LogP contribution in [0.5, 0.6) is 0 Å². The van der Waals surface area contributed by atoms with Crippen LogP contribution >= 0.6 is 23.2 Å². The zero-order valence-corrected chi connectivity index (χ0v) is 14.4. The SMILES string of the molecule is Nc1ncn(Cc2c(Cl)cncc2Cl)c2nc(-c3ccccc3)nc1-2. The number of nitrogen functional groups attached to an aromatic ring is 1. The summed E-state index contributed by atoms with van der Waals surface area (Å²) in [6.45, 7) is 0.386. The summed E-state index contributed by atoms with van der Waals surface area (Å²) in [5.74, 6) is 1.54. The average molecular weight is 371 g/mol. The van der Waals surface area contributed by atoms with Gasteiger partial charge in [0, 0.05) is 23.5 Å². The van der Waals surface area contributed by atoms with Crippen molar-refractivity contribution in [1.29, 1.82) is 0 Å². The van der Waals surface area contributed by atoms with E-state index in [1.165, 1.54) is 0 Å². The lowest BCUT2D eigenvalue weighted by molar-refractivity contribution is 0.762. The van der Waals surface area contributed by atoms with Crippen molar-refractivity contribution in [2.24, 2.45) is 0 Å². The summed E-state index contributed by atoms with van der Waals surface area (Å²) in [7, 11) is 0. The Bertz CT molecular complexity index is 995. The number of rotatable bonds is 3. The molecule has 0 atom stereocenters. The van der Waals surface area contributed by atoms with E-state index in [-0.39, 0.29) is 0 Å².